The summed E-state index contributed by atoms with van der Waals surface area (Å²) in [5.74, 6) is -0.969. The minimum absolute atomic E-state index is 0.342. The van der Waals surface area contributed by atoms with Crippen LogP contribution in [0.15, 0.2) is 54.6 Å². The third kappa shape index (κ3) is 2.24. The minimum atomic E-state index is -0.969. The van der Waals surface area contributed by atoms with E-state index in [9.17, 15) is 4.79 Å². The summed E-state index contributed by atoms with van der Waals surface area (Å²) in [6, 6.07) is 17.5. The van der Waals surface area contributed by atoms with Crippen LogP contribution in [0.4, 0.5) is 0 Å². The monoisotopic (exact) mass is 265 g/mol. The van der Waals surface area contributed by atoms with Crippen LogP contribution >= 0.6 is 0 Å². The fraction of sp³-hybridized carbons (Fsp3) is 0.118. The molecule has 0 fully saturated rings. The molecule has 0 aliphatic rings. The Labute approximate surface area is 116 Å². The Morgan fingerprint density at radius 1 is 1.00 bits per heavy atom. The molecule has 0 amide bonds. The molecule has 0 unspecified atom stereocenters. The van der Waals surface area contributed by atoms with Gasteiger partial charge in [-0.1, -0.05) is 54.6 Å². The lowest BCUT2D eigenvalue weighted by Crippen LogP contribution is -2.32. The Balaban J connectivity index is 2.13. The number of benzene rings is 3. The van der Waals surface area contributed by atoms with Gasteiger partial charge in [0, 0.05) is 0 Å². The Morgan fingerprint density at radius 3 is 2.40 bits per heavy atom. The van der Waals surface area contributed by atoms with Crippen LogP contribution in [0.2, 0.25) is 0 Å². The lowest BCUT2D eigenvalue weighted by Gasteiger charge is -2.09. The lowest BCUT2D eigenvalue weighted by molar-refractivity contribution is -0.138. The number of aliphatic carboxylic acids is 1. The number of carbonyl (C=O) groups is 1. The van der Waals surface area contributed by atoms with Crippen molar-refractivity contribution >= 4 is 27.5 Å². The van der Waals surface area contributed by atoms with E-state index < -0.39 is 12.0 Å². The third-order valence-corrected chi connectivity index (χ3v) is 3.58. The normalized spacial score (nSPS) is 12.7. The number of carboxylic acid groups (broad SMARTS) is 1. The SMILES string of the molecule is N[C@H](Cc1ccc2ccc3ccccc3c2c1)C(=O)O. The van der Waals surface area contributed by atoms with E-state index in [2.05, 4.69) is 24.3 Å². The van der Waals surface area contributed by atoms with Gasteiger partial charge in [0.05, 0.1) is 0 Å². The fourth-order valence-corrected chi connectivity index (χ4v) is 2.52. The van der Waals surface area contributed by atoms with Gasteiger partial charge in [-0.15, -0.1) is 0 Å². The first-order valence-corrected chi connectivity index (χ1v) is 6.54. The van der Waals surface area contributed by atoms with Crippen molar-refractivity contribution in [2.75, 3.05) is 0 Å². The molecule has 0 saturated carbocycles. The van der Waals surface area contributed by atoms with Crippen LogP contribution in [0.3, 0.4) is 0 Å². The molecule has 3 aromatic rings. The van der Waals surface area contributed by atoms with Crippen molar-refractivity contribution < 1.29 is 9.90 Å². The number of nitrogens with two attached hydrogens (primary N) is 1. The van der Waals surface area contributed by atoms with Crippen LogP contribution in [-0.4, -0.2) is 17.1 Å². The van der Waals surface area contributed by atoms with E-state index in [1.165, 1.54) is 10.8 Å². The zero-order chi connectivity index (χ0) is 14.1. The molecule has 20 heavy (non-hydrogen) atoms. The summed E-state index contributed by atoms with van der Waals surface area (Å²) in [6.45, 7) is 0. The number of fused-ring (bicyclic) bond motifs is 3. The van der Waals surface area contributed by atoms with Crippen molar-refractivity contribution in [2.24, 2.45) is 5.73 Å². The Morgan fingerprint density at radius 2 is 1.65 bits per heavy atom. The smallest absolute Gasteiger partial charge is 0.320 e. The van der Waals surface area contributed by atoms with Crippen LogP contribution in [-0.2, 0) is 11.2 Å². The molecule has 0 bridgehead atoms. The topological polar surface area (TPSA) is 63.3 Å². The highest BCUT2D eigenvalue weighted by molar-refractivity contribution is 6.07. The summed E-state index contributed by atoms with van der Waals surface area (Å²) >= 11 is 0. The van der Waals surface area contributed by atoms with Gasteiger partial charge in [-0.3, -0.25) is 4.79 Å². The largest absolute Gasteiger partial charge is 0.480 e. The average molecular weight is 265 g/mol. The molecule has 3 heteroatoms. The summed E-state index contributed by atoms with van der Waals surface area (Å²) in [5.41, 5.74) is 6.55. The standard InChI is InChI=1S/C17H15NO2/c18-16(17(19)20)10-11-5-6-13-8-7-12-3-1-2-4-14(12)15(13)9-11/h1-9,16H,10,18H2,(H,19,20)/t16-/m1/s1. The zero-order valence-corrected chi connectivity index (χ0v) is 10.9. The van der Waals surface area contributed by atoms with Crippen molar-refractivity contribution in [3.8, 4) is 0 Å². The molecule has 0 saturated heterocycles. The first-order chi connectivity index (χ1) is 9.65. The predicted octanol–water partition coefficient (Wildman–Crippen LogP) is 2.95. The second kappa shape index (κ2) is 4.94. The van der Waals surface area contributed by atoms with Crippen molar-refractivity contribution in [3.05, 3.63) is 60.2 Å². The molecule has 0 radical (unpaired) electrons. The Hall–Kier alpha value is -2.39. The van der Waals surface area contributed by atoms with Crippen LogP contribution in [0.1, 0.15) is 5.56 Å². The second-order valence-electron chi connectivity index (χ2n) is 4.99. The summed E-state index contributed by atoms with van der Waals surface area (Å²) in [6.07, 6.45) is 0.342. The number of rotatable bonds is 3. The molecule has 1 atom stereocenters. The molecule has 0 heterocycles. The first-order valence-electron chi connectivity index (χ1n) is 6.54. The summed E-state index contributed by atoms with van der Waals surface area (Å²) in [4.78, 5) is 10.9. The maximum Gasteiger partial charge on any atom is 0.320 e. The maximum absolute atomic E-state index is 10.9. The van der Waals surface area contributed by atoms with Crippen LogP contribution in [0, 0.1) is 0 Å². The van der Waals surface area contributed by atoms with Gasteiger partial charge in [0.25, 0.3) is 0 Å². The van der Waals surface area contributed by atoms with E-state index >= 15 is 0 Å². The number of hydrogen-bond acceptors (Lipinski definition) is 2. The van der Waals surface area contributed by atoms with Gasteiger partial charge in [-0.25, -0.2) is 0 Å². The van der Waals surface area contributed by atoms with Gasteiger partial charge in [0.1, 0.15) is 6.04 Å². The van der Waals surface area contributed by atoms with E-state index in [1.807, 2.05) is 30.3 Å². The van der Waals surface area contributed by atoms with Gasteiger partial charge < -0.3 is 10.8 Å². The molecule has 3 aromatic carbocycles. The third-order valence-electron chi connectivity index (χ3n) is 3.58. The zero-order valence-electron chi connectivity index (χ0n) is 10.9. The molecule has 3 nitrogen and oxygen atoms in total. The highest BCUT2D eigenvalue weighted by Gasteiger charge is 2.12. The van der Waals surface area contributed by atoms with Gasteiger partial charge in [-0.2, -0.15) is 0 Å². The quantitative estimate of drug-likeness (QED) is 0.716. The molecule has 0 spiro atoms. The highest BCUT2D eigenvalue weighted by Crippen LogP contribution is 2.26. The second-order valence-corrected chi connectivity index (χ2v) is 4.99. The average Bonchev–Trinajstić information content (AvgIpc) is 2.47. The molecule has 100 valence electrons. The van der Waals surface area contributed by atoms with Crippen molar-refractivity contribution in [2.45, 2.75) is 12.5 Å². The fourth-order valence-electron chi connectivity index (χ4n) is 2.52. The molecule has 0 aliphatic carbocycles. The molecular weight excluding hydrogens is 250 g/mol. The molecule has 3 N–H and O–H groups in total. The molecule has 0 aromatic heterocycles. The van der Waals surface area contributed by atoms with E-state index in [0.717, 1.165) is 16.3 Å². The summed E-state index contributed by atoms with van der Waals surface area (Å²) < 4.78 is 0. The summed E-state index contributed by atoms with van der Waals surface area (Å²) in [7, 11) is 0. The first kappa shape index (κ1) is 12.6. The predicted molar refractivity (Wildman–Crippen MR) is 80.8 cm³/mol. The van der Waals surface area contributed by atoms with Crippen LogP contribution in [0.25, 0.3) is 21.5 Å². The molecular formula is C17H15NO2. The molecule has 0 aliphatic heterocycles. The van der Waals surface area contributed by atoms with Crippen molar-refractivity contribution in [1.29, 1.82) is 0 Å². The van der Waals surface area contributed by atoms with E-state index in [0.29, 0.717) is 6.42 Å². The van der Waals surface area contributed by atoms with Gasteiger partial charge >= 0.3 is 5.97 Å². The Kier molecular flexibility index (Phi) is 3.12. The van der Waals surface area contributed by atoms with E-state index in [4.69, 9.17) is 10.8 Å². The van der Waals surface area contributed by atoms with Crippen molar-refractivity contribution in [3.63, 3.8) is 0 Å². The van der Waals surface area contributed by atoms with E-state index in [-0.39, 0.29) is 0 Å². The van der Waals surface area contributed by atoms with Gasteiger partial charge in [0.15, 0.2) is 0 Å². The van der Waals surface area contributed by atoms with Gasteiger partial charge in [0.2, 0.25) is 0 Å². The minimum Gasteiger partial charge on any atom is -0.480 e. The number of carboxylic acids is 1. The highest BCUT2D eigenvalue weighted by atomic mass is 16.4. The Bertz CT molecular complexity index is 795. The summed E-state index contributed by atoms with van der Waals surface area (Å²) in [5, 5.41) is 13.5. The molecule has 3 rings (SSSR count). The maximum atomic E-state index is 10.9. The van der Waals surface area contributed by atoms with Crippen LogP contribution < -0.4 is 5.73 Å². The number of hydrogen-bond donors (Lipinski definition) is 2. The van der Waals surface area contributed by atoms with Gasteiger partial charge in [-0.05, 0) is 33.5 Å². The van der Waals surface area contributed by atoms with Crippen molar-refractivity contribution in [1.82, 2.24) is 0 Å². The van der Waals surface area contributed by atoms with E-state index in [1.54, 1.807) is 0 Å². The lowest BCUT2D eigenvalue weighted by atomic mass is 9.98. The van der Waals surface area contributed by atoms with Crippen LogP contribution in [0.5, 0.6) is 0 Å².